The van der Waals surface area contributed by atoms with Gasteiger partial charge in [-0.25, -0.2) is 8.78 Å². The summed E-state index contributed by atoms with van der Waals surface area (Å²) >= 11 is 1.20. The first-order valence-corrected chi connectivity index (χ1v) is 11.9. The Kier molecular flexibility index (Phi) is 7.77. The van der Waals surface area contributed by atoms with Gasteiger partial charge in [-0.05, 0) is 55.3 Å². The predicted octanol–water partition coefficient (Wildman–Crippen LogP) is 5.59. The number of halogens is 2. The van der Waals surface area contributed by atoms with E-state index in [-0.39, 0.29) is 5.69 Å². The first-order valence-electron chi connectivity index (χ1n) is 11.0. The molecule has 0 fully saturated rings. The van der Waals surface area contributed by atoms with Crippen LogP contribution in [0.3, 0.4) is 0 Å². The summed E-state index contributed by atoms with van der Waals surface area (Å²) in [5, 5.41) is 11.1. The molecule has 4 rings (SSSR count). The van der Waals surface area contributed by atoms with E-state index >= 15 is 0 Å². The second kappa shape index (κ2) is 11.1. The molecule has 0 spiro atoms. The molecule has 1 atom stereocenters. The number of anilines is 1. The van der Waals surface area contributed by atoms with Crippen molar-refractivity contribution in [1.29, 1.82) is 0 Å². The lowest BCUT2D eigenvalue weighted by Crippen LogP contribution is -2.23. The number of benzene rings is 3. The van der Waals surface area contributed by atoms with Crippen LogP contribution in [0.15, 0.2) is 78.0 Å². The molecule has 35 heavy (non-hydrogen) atoms. The van der Waals surface area contributed by atoms with Crippen LogP contribution in [0.1, 0.15) is 12.5 Å². The number of amides is 1. The molecular weight excluding hydrogens is 470 g/mol. The van der Waals surface area contributed by atoms with Gasteiger partial charge in [0.05, 0.1) is 18.0 Å². The van der Waals surface area contributed by atoms with Crippen LogP contribution in [0.2, 0.25) is 0 Å². The number of aromatic nitrogens is 3. The highest BCUT2D eigenvalue weighted by atomic mass is 32.2. The molecule has 180 valence electrons. The van der Waals surface area contributed by atoms with Crippen molar-refractivity contribution in [1.82, 2.24) is 14.8 Å². The molecule has 1 unspecified atom stereocenters. The fourth-order valence-electron chi connectivity index (χ4n) is 3.46. The van der Waals surface area contributed by atoms with E-state index in [9.17, 15) is 13.6 Å². The van der Waals surface area contributed by atoms with Crippen molar-refractivity contribution < 1.29 is 18.3 Å². The van der Waals surface area contributed by atoms with Gasteiger partial charge in [-0.1, -0.05) is 42.1 Å². The van der Waals surface area contributed by atoms with Crippen molar-refractivity contribution in [2.45, 2.75) is 30.3 Å². The molecular formula is C26H24F2N4O2S. The molecule has 1 amide bonds. The van der Waals surface area contributed by atoms with Crippen molar-refractivity contribution in [3.63, 3.8) is 0 Å². The van der Waals surface area contributed by atoms with Crippen LogP contribution in [0.25, 0.3) is 11.4 Å². The van der Waals surface area contributed by atoms with Crippen LogP contribution in [0.5, 0.6) is 5.75 Å². The van der Waals surface area contributed by atoms with Gasteiger partial charge in [0, 0.05) is 18.2 Å². The van der Waals surface area contributed by atoms with E-state index in [4.69, 9.17) is 4.74 Å². The Bertz CT molecular complexity index is 1300. The summed E-state index contributed by atoms with van der Waals surface area (Å²) in [4.78, 5) is 12.7. The average Bonchev–Trinajstić information content (AvgIpc) is 3.27. The lowest BCUT2D eigenvalue weighted by molar-refractivity contribution is -0.115. The molecule has 4 aromatic rings. The van der Waals surface area contributed by atoms with Crippen molar-refractivity contribution in [3.8, 4) is 17.1 Å². The van der Waals surface area contributed by atoms with Gasteiger partial charge in [0.25, 0.3) is 0 Å². The number of carbonyl (C=O) groups is 1. The monoisotopic (exact) mass is 494 g/mol. The topological polar surface area (TPSA) is 69.0 Å². The second-order valence-corrected chi connectivity index (χ2v) is 9.10. The van der Waals surface area contributed by atoms with Crippen LogP contribution < -0.4 is 10.1 Å². The smallest absolute Gasteiger partial charge is 0.237 e. The summed E-state index contributed by atoms with van der Waals surface area (Å²) in [6.45, 7) is 2.27. The average molecular weight is 495 g/mol. The number of rotatable bonds is 9. The second-order valence-electron chi connectivity index (χ2n) is 7.80. The normalized spacial score (nSPS) is 11.8. The lowest BCUT2D eigenvalue weighted by Gasteiger charge is -2.14. The van der Waals surface area contributed by atoms with Crippen molar-refractivity contribution >= 4 is 23.4 Å². The molecule has 0 bridgehead atoms. The largest absolute Gasteiger partial charge is 0.497 e. The molecule has 1 heterocycles. The highest BCUT2D eigenvalue weighted by Crippen LogP contribution is 2.29. The van der Waals surface area contributed by atoms with Gasteiger partial charge in [-0.3, -0.25) is 4.79 Å². The molecule has 9 heteroatoms. The van der Waals surface area contributed by atoms with E-state index in [0.717, 1.165) is 41.5 Å². The number of thioether (sulfide) groups is 1. The Hall–Kier alpha value is -3.72. The van der Waals surface area contributed by atoms with Crippen LogP contribution in [0, 0.1) is 11.6 Å². The van der Waals surface area contributed by atoms with Crippen LogP contribution in [0.4, 0.5) is 14.5 Å². The molecule has 0 aliphatic rings. The SMILES string of the molecule is COc1ccc(-c2nnc(SC(C)C(=O)Nc3cc(F)ccc3F)n2CCc2ccccc2)cc1. The standard InChI is InChI=1S/C26H24F2N4O2S/c1-17(25(33)29-23-16-20(27)10-13-22(23)28)35-26-31-30-24(19-8-11-21(34-2)12-9-19)32(26)15-14-18-6-4-3-5-7-18/h3-13,16-17H,14-15H2,1-2H3,(H,29,33). The van der Waals surface area contributed by atoms with Gasteiger partial charge < -0.3 is 14.6 Å². The van der Waals surface area contributed by atoms with Gasteiger partial charge in [0.15, 0.2) is 11.0 Å². The third kappa shape index (κ3) is 6.05. The van der Waals surface area contributed by atoms with Gasteiger partial charge in [0.2, 0.25) is 5.91 Å². The summed E-state index contributed by atoms with van der Waals surface area (Å²) in [5.41, 5.74) is 1.81. The Morgan fingerprint density at radius 1 is 1.06 bits per heavy atom. The van der Waals surface area contributed by atoms with Crippen LogP contribution in [-0.2, 0) is 17.8 Å². The zero-order valence-electron chi connectivity index (χ0n) is 19.2. The predicted molar refractivity (Wildman–Crippen MR) is 132 cm³/mol. The number of methoxy groups -OCH3 is 1. The van der Waals surface area contributed by atoms with Gasteiger partial charge in [0.1, 0.15) is 17.4 Å². The molecule has 1 aromatic heterocycles. The first-order chi connectivity index (χ1) is 16.9. The number of hydrogen-bond donors (Lipinski definition) is 1. The number of carbonyl (C=O) groups excluding carboxylic acids is 1. The summed E-state index contributed by atoms with van der Waals surface area (Å²) < 4.78 is 34.7. The van der Waals surface area contributed by atoms with Crippen LogP contribution >= 0.6 is 11.8 Å². The number of aryl methyl sites for hydroxylation is 1. The molecule has 0 aliphatic carbocycles. The van der Waals surface area contributed by atoms with E-state index < -0.39 is 22.8 Å². The molecule has 0 saturated carbocycles. The number of nitrogens with zero attached hydrogens (tertiary/aromatic N) is 3. The van der Waals surface area contributed by atoms with Gasteiger partial charge >= 0.3 is 0 Å². The minimum absolute atomic E-state index is 0.202. The Balaban J connectivity index is 1.57. The number of hydrogen-bond acceptors (Lipinski definition) is 5. The zero-order valence-corrected chi connectivity index (χ0v) is 20.1. The highest BCUT2D eigenvalue weighted by molar-refractivity contribution is 8.00. The maximum absolute atomic E-state index is 14.0. The van der Waals surface area contributed by atoms with E-state index in [0.29, 0.717) is 17.5 Å². The molecule has 0 radical (unpaired) electrons. The Morgan fingerprint density at radius 3 is 2.51 bits per heavy atom. The van der Waals surface area contributed by atoms with E-state index in [1.165, 1.54) is 11.8 Å². The maximum Gasteiger partial charge on any atom is 0.237 e. The van der Waals surface area contributed by atoms with Crippen molar-refractivity contribution in [3.05, 3.63) is 90.0 Å². The minimum atomic E-state index is -0.704. The molecule has 6 nitrogen and oxygen atoms in total. The summed E-state index contributed by atoms with van der Waals surface area (Å²) in [7, 11) is 1.61. The highest BCUT2D eigenvalue weighted by Gasteiger charge is 2.22. The van der Waals surface area contributed by atoms with E-state index in [1.54, 1.807) is 14.0 Å². The number of nitrogens with one attached hydrogen (secondary N) is 1. The fraction of sp³-hybridized carbons (Fsp3) is 0.192. The van der Waals surface area contributed by atoms with Crippen molar-refractivity contribution in [2.75, 3.05) is 12.4 Å². The molecule has 1 N–H and O–H groups in total. The summed E-state index contributed by atoms with van der Waals surface area (Å²) in [5.74, 6) is -0.414. The maximum atomic E-state index is 14.0. The zero-order chi connectivity index (χ0) is 24.8. The first kappa shape index (κ1) is 24.4. The quantitative estimate of drug-likeness (QED) is 0.307. The molecule has 0 saturated heterocycles. The van der Waals surface area contributed by atoms with E-state index in [1.807, 2.05) is 59.2 Å². The summed E-state index contributed by atoms with van der Waals surface area (Å²) in [6, 6.07) is 20.5. The fourth-order valence-corrected chi connectivity index (χ4v) is 4.33. The Labute approximate surface area is 206 Å². The van der Waals surface area contributed by atoms with Gasteiger partial charge in [-0.2, -0.15) is 0 Å². The number of ether oxygens (including phenoxy) is 1. The minimum Gasteiger partial charge on any atom is -0.497 e. The third-order valence-corrected chi connectivity index (χ3v) is 6.45. The van der Waals surface area contributed by atoms with Crippen molar-refractivity contribution in [2.24, 2.45) is 0 Å². The van der Waals surface area contributed by atoms with Crippen LogP contribution in [-0.4, -0.2) is 33.0 Å². The molecule has 0 aliphatic heterocycles. The Morgan fingerprint density at radius 2 is 1.80 bits per heavy atom. The lowest BCUT2D eigenvalue weighted by atomic mass is 10.1. The van der Waals surface area contributed by atoms with Gasteiger partial charge in [-0.15, -0.1) is 10.2 Å². The third-order valence-electron chi connectivity index (χ3n) is 5.37. The van der Waals surface area contributed by atoms with E-state index in [2.05, 4.69) is 15.5 Å². The molecule has 3 aromatic carbocycles. The summed E-state index contributed by atoms with van der Waals surface area (Å²) in [6.07, 6.45) is 0.741.